The Kier molecular flexibility index (Phi) is 3.15. The zero-order valence-corrected chi connectivity index (χ0v) is 12.1. The minimum Gasteiger partial charge on any atom is -0.457 e. The number of carbonyl (C=O) groups excluding carboxylic acids is 2. The smallest absolute Gasteiger partial charge is 0.261 e. The average molecular weight is 307 g/mol. The van der Waals surface area contributed by atoms with E-state index >= 15 is 0 Å². The second kappa shape index (κ2) is 5.31. The molecule has 2 amide bonds. The van der Waals surface area contributed by atoms with Gasteiger partial charge in [-0.3, -0.25) is 9.59 Å². The average Bonchev–Trinajstić information content (AvgIpc) is 3.14. The van der Waals surface area contributed by atoms with Crippen molar-refractivity contribution < 1.29 is 14.3 Å². The molecule has 0 spiro atoms. The molecule has 114 valence electrons. The summed E-state index contributed by atoms with van der Waals surface area (Å²) in [7, 11) is 0. The first-order chi connectivity index (χ1) is 11.2. The first-order valence-corrected chi connectivity index (χ1v) is 7.31. The number of anilines is 1. The molecule has 23 heavy (non-hydrogen) atoms. The SMILES string of the molecule is O=C1[C@@H]2CN=N[C@H]2C(=O)N1c1ccc(Oc2ccccc2)cc1. The Morgan fingerprint density at radius 2 is 1.61 bits per heavy atom. The van der Waals surface area contributed by atoms with Crippen LogP contribution < -0.4 is 9.64 Å². The third-order valence-electron chi connectivity index (χ3n) is 3.95. The van der Waals surface area contributed by atoms with Crippen LogP contribution in [0.15, 0.2) is 64.8 Å². The molecule has 0 aromatic heterocycles. The lowest BCUT2D eigenvalue weighted by molar-refractivity contribution is -0.122. The molecule has 1 fully saturated rings. The molecular weight excluding hydrogens is 294 g/mol. The lowest BCUT2D eigenvalue weighted by Gasteiger charge is -2.15. The van der Waals surface area contributed by atoms with Gasteiger partial charge in [-0.2, -0.15) is 10.2 Å². The van der Waals surface area contributed by atoms with E-state index in [-0.39, 0.29) is 11.8 Å². The number of hydrogen-bond donors (Lipinski definition) is 0. The Bertz CT molecular complexity index is 786. The predicted molar refractivity (Wildman–Crippen MR) is 82.5 cm³/mol. The number of para-hydroxylation sites is 1. The van der Waals surface area contributed by atoms with Crippen LogP contribution >= 0.6 is 0 Å². The van der Waals surface area contributed by atoms with E-state index in [0.29, 0.717) is 18.0 Å². The molecule has 2 aromatic rings. The van der Waals surface area contributed by atoms with Gasteiger partial charge in [-0.15, -0.1) is 0 Å². The number of benzene rings is 2. The van der Waals surface area contributed by atoms with Crippen molar-refractivity contribution in [1.82, 2.24) is 0 Å². The van der Waals surface area contributed by atoms with Gasteiger partial charge in [0.05, 0.1) is 18.2 Å². The van der Waals surface area contributed by atoms with Crippen molar-refractivity contribution in [2.75, 3.05) is 11.4 Å². The van der Waals surface area contributed by atoms with Crippen LogP contribution in [-0.4, -0.2) is 24.4 Å². The largest absolute Gasteiger partial charge is 0.457 e. The fraction of sp³-hybridized carbons (Fsp3) is 0.176. The second-order valence-corrected chi connectivity index (χ2v) is 5.41. The Hall–Kier alpha value is -3.02. The molecule has 2 aromatic carbocycles. The standard InChI is InChI=1S/C17H13N3O3/c21-16-14-10-18-19-15(14)17(22)20(16)11-6-8-13(9-7-11)23-12-4-2-1-3-5-12/h1-9,14-15H,10H2/t14-,15-/m1/s1. The molecule has 2 heterocycles. The highest BCUT2D eigenvalue weighted by Crippen LogP contribution is 2.33. The van der Waals surface area contributed by atoms with Crippen molar-refractivity contribution in [3.63, 3.8) is 0 Å². The third-order valence-corrected chi connectivity index (χ3v) is 3.95. The quantitative estimate of drug-likeness (QED) is 0.819. The van der Waals surface area contributed by atoms with Crippen molar-refractivity contribution >= 4 is 17.5 Å². The molecule has 0 aliphatic carbocycles. The highest BCUT2D eigenvalue weighted by Gasteiger charge is 2.50. The lowest BCUT2D eigenvalue weighted by atomic mass is 10.1. The van der Waals surface area contributed by atoms with Crippen LogP contribution in [0.3, 0.4) is 0 Å². The van der Waals surface area contributed by atoms with Gasteiger partial charge in [-0.05, 0) is 36.4 Å². The molecule has 4 rings (SSSR count). The number of hydrogen-bond acceptors (Lipinski definition) is 5. The van der Waals surface area contributed by atoms with Gasteiger partial charge in [0.1, 0.15) is 11.5 Å². The molecule has 2 atom stereocenters. The maximum absolute atomic E-state index is 12.3. The molecular formula is C17H13N3O3. The van der Waals surface area contributed by atoms with E-state index in [0.717, 1.165) is 5.75 Å². The molecule has 0 radical (unpaired) electrons. The maximum atomic E-state index is 12.3. The van der Waals surface area contributed by atoms with Crippen molar-refractivity contribution in [2.24, 2.45) is 16.1 Å². The summed E-state index contributed by atoms with van der Waals surface area (Å²) in [5.41, 5.74) is 0.532. The van der Waals surface area contributed by atoms with Gasteiger partial charge < -0.3 is 4.74 Å². The van der Waals surface area contributed by atoms with E-state index in [1.165, 1.54) is 4.90 Å². The van der Waals surface area contributed by atoms with Gasteiger partial charge in [0.15, 0.2) is 6.04 Å². The van der Waals surface area contributed by atoms with Crippen LogP contribution in [0.2, 0.25) is 0 Å². The molecule has 0 saturated carbocycles. The van der Waals surface area contributed by atoms with E-state index < -0.39 is 12.0 Å². The normalized spacial score (nSPS) is 22.5. The van der Waals surface area contributed by atoms with Gasteiger partial charge in [-0.1, -0.05) is 18.2 Å². The van der Waals surface area contributed by atoms with Crippen molar-refractivity contribution in [3.8, 4) is 11.5 Å². The van der Waals surface area contributed by atoms with Crippen LogP contribution in [0.1, 0.15) is 0 Å². The lowest BCUT2D eigenvalue weighted by Crippen LogP contribution is -2.31. The fourth-order valence-corrected chi connectivity index (χ4v) is 2.79. The minimum absolute atomic E-state index is 0.235. The molecule has 2 aliphatic rings. The molecule has 0 unspecified atom stereocenters. The molecule has 6 heteroatoms. The Balaban J connectivity index is 1.56. The fourth-order valence-electron chi connectivity index (χ4n) is 2.79. The first kappa shape index (κ1) is 13.6. The monoisotopic (exact) mass is 307 g/mol. The Morgan fingerprint density at radius 3 is 2.30 bits per heavy atom. The number of nitrogens with zero attached hydrogens (tertiary/aromatic N) is 3. The Labute approximate surface area is 132 Å². The summed E-state index contributed by atoms with van der Waals surface area (Å²) < 4.78 is 5.70. The number of ether oxygens (including phenoxy) is 1. The molecule has 0 bridgehead atoms. The number of rotatable bonds is 3. The molecule has 6 nitrogen and oxygen atoms in total. The van der Waals surface area contributed by atoms with Crippen LogP contribution in [0, 0.1) is 5.92 Å². The molecule has 1 saturated heterocycles. The number of imide groups is 1. The van der Waals surface area contributed by atoms with Gasteiger partial charge in [0.25, 0.3) is 5.91 Å². The van der Waals surface area contributed by atoms with E-state index in [9.17, 15) is 9.59 Å². The molecule has 0 N–H and O–H groups in total. The number of fused-ring (bicyclic) bond motifs is 1. The maximum Gasteiger partial charge on any atom is 0.261 e. The highest BCUT2D eigenvalue weighted by atomic mass is 16.5. The number of azo groups is 1. The van der Waals surface area contributed by atoms with E-state index in [1.807, 2.05) is 30.3 Å². The number of carbonyl (C=O) groups is 2. The second-order valence-electron chi connectivity index (χ2n) is 5.41. The zero-order valence-electron chi connectivity index (χ0n) is 12.1. The zero-order chi connectivity index (χ0) is 15.8. The summed E-state index contributed by atoms with van der Waals surface area (Å²) in [5.74, 6) is 0.380. The highest BCUT2D eigenvalue weighted by molar-refractivity contribution is 6.23. The summed E-state index contributed by atoms with van der Waals surface area (Å²) in [5, 5.41) is 7.66. The van der Waals surface area contributed by atoms with Gasteiger partial charge in [-0.25, -0.2) is 4.90 Å². The van der Waals surface area contributed by atoms with E-state index in [1.54, 1.807) is 24.3 Å². The van der Waals surface area contributed by atoms with Crippen LogP contribution in [0.5, 0.6) is 11.5 Å². The van der Waals surface area contributed by atoms with Gasteiger partial charge in [0.2, 0.25) is 5.91 Å². The summed E-state index contributed by atoms with van der Waals surface area (Å²) in [6.07, 6.45) is 0. The van der Waals surface area contributed by atoms with Crippen LogP contribution in [-0.2, 0) is 9.59 Å². The summed E-state index contributed by atoms with van der Waals surface area (Å²) >= 11 is 0. The van der Waals surface area contributed by atoms with Gasteiger partial charge >= 0.3 is 0 Å². The number of amides is 2. The van der Waals surface area contributed by atoms with Crippen molar-refractivity contribution in [2.45, 2.75) is 6.04 Å². The first-order valence-electron chi connectivity index (χ1n) is 7.31. The van der Waals surface area contributed by atoms with Crippen LogP contribution in [0.25, 0.3) is 0 Å². The van der Waals surface area contributed by atoms with E-state index in [2.05, 4.69) is 10.2 Å². The Morgan fingerprint density at radius 1 is 0.913 bits per heavy atom. The predicted octanol–water partition coefficient (Wildman–Crippen LogP) is 2.80. The summed E-state index contributed by atoms with van der Waals surface area (Å²) in [6.45, 7) is 0.293. The topological polar surface area (TPSA) is 71.3 Å². The van der Waals surface area contributed by atoms with E-state index in [4.69, 9.17) is 4.74 Å². The van der Waals surface area contributed by atoms with Gasteiger partial charge in [0, 0.05) is 0 Å². The molecule has 2 aliphatic heterocycles. The minimum atomic E-state index is -0.650. The third kappa shape index (κ3) is 2.28. The summed E-state index contributed by atoms with van der Waals surface area (Å²) in [4.78, 5) is 25.8. The van der Waals surface area contributed by atoms with Crippen LogP contribution in [0.4, 0.5) is 5.69 Å². The van der Waals surface area contributed by atoms with Crippen molar-refractivity contribution in [1.29, 1.82) is 0 Å². The van der Waals surface area contributed by atoms with Crippen molar-refractivity contribution in [3.05, 3.63) is 54.6 Å². The summed E-state index contributed by atoms with van der Waals surface area (Å²) in [6, 6.07) is 15.6.